The first-order valence-corrected chi connectivity index (χ1v) is 8.08. The van der Waals surface area contributed by atoms with Gasteiger partial charge in [0.1, 0.15) is 0 Å². The third-order valence-corrected chi connectivity index (χ3v) is 4.23. The normalized spacial score (nSPS) is 10.2. The van der Waals surface area contributed by atoms with Crippen molar-refractivity contribution in [3.63, 3.8) is 0 Å². The van der Waals surface area contributed by atoms with E-state index in [0.717, 1.165) is 11.4 Å². The number of nitrogens with one attached hydrogen (secondary N) is 2. The molecule has 0 aliphatic rings. The maximum atomic E-state index is 11.9. The van der Waals surface area contributed by atoms with Gasteiger partial charge in [-0.2, -0.15) is 0 Å². The van der Waals surface area contributed by atoms with E-state index in [-0.39, 0.29) is 6.03 Å². The van der Waals surface area contributed by atoms with Gasteiger partial charge in [-0.3, -0.25) is 0 Å². The quantitative estimate of drug-likeness (QED) is 0.695. The molecule has 0 unspecified atom stereocenters. The molecule has 0 radical (unpaired) electrons. The Balaban J connectivity index is 1.96. The van der Waals surface area contributed by atoms with E-state index in [0.29, 0.717) is 15.7 Å². The molecule has 2 aromatic carbocycles. The number of hydrogen-bond donors (Lipinski definition) is 2. The highest BCUT2D eigenvalue weighted by Crippen LogP contribution is 2.25. The third-order valence-electron chi connectivity index (χ3n) is 2.60. The van der Waals surface area contributed by atoms with Crippen LogP contribution in [-0.4, -0.2) is 11.8 Å². The van der Waals surface area contributed by atoms with Gasteiger partial charge in [0.25, 0.3) is 0 Å². The Bertz CT molecular complexity index is 632. The van der Waals surface area contributed by atoms with Crippen molar-refractivity contribution in [3.05, 3.63) is 52.5 Å². The molecule has 6 heteroatoms. The van der Waals surface area contributed by atoms with Gasteiger partial charge in [-0.25, -0.2) is 4.79 Å². The third kappa shape index (κ3) is 4.84. The van der Waals surface area contributed by atoms with Gasteiger partial charge in [-0.05, 0) is 48.2 Å². The van der Waals surface area contributed by atoms with Gasteiger partial charge in [0.2, 0.25) is 0 Å². The smallest absolute Gasteiger partial charge is 0.308 e. The Kier molecular flexibility index (Phi) is 5.79. The molecular formula is C15H14Cl2N2OS. The monoisotopic (exact) mass is 340 g/mol. The molecule has 0 saturated heterocycles. The van der Waals surface area contributed by atoms with Gasteiger partial charge in [0.05, 0.1) is 10.0 Å². The Labute approximate surface area is 138 Å². The van der Waals surface area contributed by atoms with Crippen LogP contribution >= 0.6 is 35.0 Å². The van der Waals surface area contributed by atoms with Crippen molar-refractivity contribution < 1.29 is 4.79 Å². The summed E-state index contributed by atoms with van der Waals surface area (Å²) in [4.78, 5) is 13.1. The molecule has 21 heavy (non-hydrogen) atoms. The average molecular weight is 341 g/mol. The van der Waals surface area contributed by atoms with E-state index in [1.807, 2.05) is 24.3 Å². The molecule has 2 rings (SSSR count). The van der Waals surface area contributed by atoms with Crippen LogP contribution in [0.25, 0.3) is 0 Å². The minimum Gasteiger partial charge on any atom is -0.308 e. The van der Waals surface area contributed by atoms with E-state index in [1.165, 1.54) is 4.90 Å². The zero-order valence-corrected chi connectivity index (χ0v) is 13.6. The number of carbonyl (C=O) groups is 1. The van der Waals surface area contributed by atoms with Crippen LogP contribution in [-0.2, 0) is 0 Å². The molecule has 0 saturated carbocycles. The van der Waals surface area contributed by atoms with E-state index in [4.69, 9.17) is 23.2 Å². The van der Waals surface area contributed by atoms with E-state index in [2.05, 4.69) is 17.6 Å². The Hall–Kier alpha value is -1.36. The standard InChI is InChI=1S/C15H14Cl2N2OS/c1-2-21-12-6-3-10(4-7-12)18-15(20)19-11-5-8-13(16)14(17)9-11/h3-9H,2H2,1H3,(H2,18,19,20). The topological polar surface area (TPSA) is 41.1 Å². The molecule has 2 amide bonds. The fourth-order valence-electron chi connectivity index (χ4n) is 1.67. The number of thioether (sulfide) groups is 1. The fraction of sp³-hybridized carbons (Fsp3) is 0.133. The van der Waals surface area contributed by atoms with E-state index < -0.39 is 0 Å². The van der Waals surface area contributed by atoms with Gasteiger partial charge in [-0.15, -0.1) is 11.8 Å². The summed E-state index contributed by atoms with van der Waals surface area (Å²) >= 11 is 13.5. The first kappa shape index (κ1) is 16.0. The summed E-state index contributed by atoms with van der Waals surface area (Å²) in [6, 6.07) is 12.3. The molecule has 0 fully saturated rings. The van der Waals surface area contributed by atoms with Crippen LogP contribution in [0, 0.1) is 0 Å². The zero-order valence-electron chi connectivity index (χ0n) is 11.3. The lowest BCUT2D eigenvalue weighted by atomic mass is 10.3. The van der Waals surface area contributed by atoms with Crippen LogP contribution in [0.1, 0.15) is 6.92 Å². The van der Waals surface area contributed by atoms with Gasteiger partial charge >= 0.3 is 6.03 Å². The number of hydrogen-bond acceptors (Lipinski definition) is 2. The predicted octanol–water partition coefficient (Wildman–Crippen LogP) is 5.75. The molecular weight excluding hydrogens is 327 g/mol. The van der Waals surface area contributed by atoms with Crippen molar-refractivity contribution in [2.45, 2.75) is 11.8 Å². The summed E-state index contributed by atoms with van der Waals surface area (Å²) in [5.74, 6) is 1.02. The van der Waals surface area contributed by atoms with Crippen LogP contribution in [0.15, 0.2) is 47.4 Å². The molecule has 0 aromatic heterocycles. The molecule has 110 valence electrons. The maximum absolute atomic E-state index is 11.9. The average Bonchev–Trinajstić information content (AvgIpc) is 2.45. The van der Waals surface area contributed by atoms with Crippen molar-refractivity contribution in [1.29, 1.82) is 0 Å². The molecule has 0 spiro atoms. The van der Waals surface area contributed by atoms with Gasteiger partial charge in [0.15, 0.2) is 0 Å². The number of rotatable bonds is 4. The van der Waals surface area contributed by atoms with Crippen LogP contribution in [0.2, 0.25) is 10.0 Å². The van der Waals surface area contributed by atoms with Crippen LogP contribution in [0.3, 0.4) is 0 Å². The first-order valence-electron chi connectivity index (χ1n) is 6.34. The highest BCUT2D eigenvalue weighted by atomic mass is 35.5. The van der Waals surface area contributed by atoms with Gasteiger partial charge in [0, 0.05) is 16.3 Å². The number of urea groups is 1. The first-order chi connectivity index (χ1) is 10.1. The summed E-state index contributed by atoms with van der Waals surface area (Å²) in [6.07, 6.45) is 0. The van der Waals surface area contributed by atoms with E-state index in [1.54, 1.807) is 30.0 Å². The second kappa shape index (κ2) is 7.59. The summed E-state index contributed by atoms with van der Waals surface area (Å²) in [6.45, 7) is 2.10. The van der Waals surface area contributed by atoms with Gasteiger partial charge < -0.3 is 10.6 Å². The molecule has 0 atom stereocenters. The summed E-state index contributed by atoms with van der Waals surface area (Å²) < 4.78 is 0. The van der Waals surface area contributed by atoms with Crippen LogP contribution in [0.4, 0.5) is 16.2 Å². The van der Waals surface area contributed by atoms with Crippen LogP contribution < -0.4 is 10.6 Å². The highest BCUT2D eigenvalue weighted by Gasteiger charge is 2.05. The van der Waals surface area contributed by atoms with E-state index in [9.17, 15) is 4.79 Å². The largest absolute Gasteiger partial charge is 0.323 e. The Morgan fingerprint density at radius 2 is 1.62 bits per heavy atom. The van der Waals surface area contributed by atoms with Gasteiger partial charge in [-0.1, -0.05) is 30.1 Å². The molecule has 2 aromatic rings. The van der Waals surface area contributed by atoms with Crippen molar-refractivity contribution in [1.82, 2.24) is 0 Å². The van der Waals surface area contributed by atoms with Crippen molar-refractivity contribution in [3.8, 4) is 0 Å². The predicted molar refractivity (Wildman–Crippen MR) is 91.9 cm³/mol. The number of benzene rings is 2. The lowest BCUT2D eigenvalue weighted by molar-refractivity contribution is 0.262. The van der Waals surface area contributed by atoms with E-state index >= 15 is 0 Å². The Morgan fingerprint density at radius 1 is 1.00 bits per heavy atom. The second-order valence-corrected chi connectivity index (χ2v) is 6.32. The number of halogens is 2. The summed E-state index contributed by atoms with van der Waals surface area (Å²) in [5.41, 5.74) is 1.31. The Morgan fingerprint density at radius 3 is 2.24 bits per heavy atom. The maximum Gasteiger partial charge on any atom is 0.323 e. The number of carbonyl (C=O) groups excluding carboxylic acids is 1. The molecule has 2 N–H and O–H groups in total. The van der Waals surface area contributed by atoms with Crippen molar-refractivity contribution >= 4 is 52.4 Å². The lowest BCUT2D eigenvalue weighted by Crippen LogP contribution is -2.19. The fourth-order valence-corrected chi connectivity index (χ4v) is 2.63. The van der Waals surface area contributed by atoms with Crippen LogP contribution in [0.5, 0.6) is 0 Å². The lowest BCUT2D eigenvalue weighted by Gasteiger charge is -2.09. The molecule has 0 heterocycles. The molecule has 3 nitrogen and oxygen atoms in total. The second-order valence-electron chi connectivity index (χ2n) is 4.17. The SMILES string of the molecule is CCSc1ccc(NC(=O)Nc2ccc(Cl)c(Cl)c2)cc1. The highest BCUT2D eigenvalue weighted by molar-refractivity contribution is 7.99. The number of anilines is 2. The summed E-state index contributed by atoms with van der Waals surface area (Å²) in [7, 11) is 0. The minimum atomic E-state index is -0.329. The molecule has 0 aliphatic carbocycles. The van der Waals surface area contributed by atoms with Crippen molar-refractivity contribution in [2.24, 2.45) is 0 Å². The van der Waals surface area contributed by atoms with Crippen molar-refractivity contribution in [2.75, 3.05) is 16.4 Å². The molecule has 0 aliphatic heterocycles. The minimum absolute atomic E-state index is 0.329. The summed E-state index contributed by atoms with van der Waals surface area (Å²) in [5, 5.41) is 6.31. The molecule has 0 bridgehead atoms. The number of amides is 2. The zero-order chi connectivity index (χ0) is 15.2.